The van der Waals surface area contributed by atoms with Gasteiger partial charge in [0.05, 0.1) is 17.8 Å². The van der Waals surface area contributed by atoms with E-state index in [9.17, 15) is 9.18 Å². The van der Waals surface area contributed by atoms with Gasteiger partial charge in [0.15, 0.2) is 18.1 Å². The highest BCUT2D eigenvalue weighted by molar-refractivity contribution is 6.33. The van der Waals surface area contributed by atoms with E-state index in [4.69, 9.17) is 21.1 Å². The molecule has 0 spiro atoms. The molecule has 0 atom stereocenters. The Labute approximate surface area is 173 Å². The van der Waals surface area contributed by atoms with Gasteiger partial charge in [-0.1, -0.05) is 29.8 Å². The van der Waals surface area contributed by atoms with Gasteiger partial charge in [-0.2, -0.15) is 0 Å². The zero-order valence-electron chi connectivity index (χ0n) is 15.7. The molecule has 150 valence electrons. The number of benzene rings is 3. The molecule has 0 radical (unpaired) electrons. The lowest BCUT2D eigenvalue weighted by molar-refractivity contribution is -0.118. The number of hydrogen-bond acceptors (Lipinski definition) is 4. The second-order valence-corrected chi connectivity index (χ2v) is 6.57. The van der Waals surface area contributed by atoms with Crippen molar-refractivity contribution in [2.24, 2.45) is 0 Å². The molecule has 0 saturated carbocycles. The second kappa shape index (κ2) is 9.80. The summed E-state index contributed by atoms with van der Waals surface area (Å²) in [6.07, 6.45) is 0. The first kappa shape index (κ1) is 20.5. The lowest BCUT2D eigenvalue weighted by Gasteiger charge is -2.13. The fraction of sp³-hybridized carbons (Fsp3) is 0.136. The van der Waals surface area contributed by atoms with Crippen molar-refractivity contribution in [1.82, 2.24) is 0 Å². The Balaban J connectivity index is 1.57. The predicted molar refractivity (Wildman–Crippen MR) is 112 cm³/mol. The molecule has 0 aromatic heterocycles. The smallest absolute Gasteiger partial charge is 0.262 e. The molecule has 2 N–H and O–H groups in total. The number of nitrogens with one attached hydrogen (secondary N) is 2. The fourth-order valence-corrected chi connectivity index (χ4v) is 2.82. The number of rotatable bonds is 8. The van der Waals surface area contributed by atoms with Crippen LogP contribution in [0.25, 0.3) is 0 Å². The van der Waals surface area contributed by atoms with Gasteiger partial charge in [0, 0.05) is 12.2 Å². The van der Waals surface area contributed by atoms with E-state index in [2.05, 4.69) is 10.6 Å². The highest BCUT2D eigenvalue weighted by atomic mass is 35.5. The van der Waals surface area contributed by atoms with Gasteiger partial charge in [-0.15, -0.1) is 0 Å². The summed E-state index contributed by atoms with van der Waals surface area (Å²) in [6, 6.07) is 18.4. The van der Waals surface area contributed by atoms with Gasteiger partial charge in [0.1, 0.15) is 5.82 Å². The number of halogens is 2. The number of para-hydroxylation sites is 1. The summed E-state index contributed by atoms with van der Waals surface area (Å²) in [5.74, 6) is 0.234. The molecule has 5 nitrogen and oxygen atoms in total. The molecule has 0 aliphatic heterocycles. The van der Waals surface area contributed by atoms with Crippen LogP contribution in [0.15, 0.2) is 66.7 Å². The minimum Gasteiger partial charge on any atom is -0.493 e. The van der Waals surface area contributed by atoms with Crippen molar-refractivity contribution in [1.29, 1.82) is 0 Å². The van der Waals surface area contributed by atoms with Crippen LogP contribution in [0.4, 0.5) is 15.8 Å². The molecular formula is C22H20ClFN2O3. The summed E-state index contributed by atoms with van der Waals surface area (Å²) < 4.78 is 23.9. The monoisotopic (exact) mass is 414 g/mol. The maximum atomic E-state index is 12.9. The van der Waals surface area contributed by atoms with Crippen LogP contribution < -0.4 is 20.1 Å². The van der Waals surface area contributed by atoms with Crippen LogP contribution in [0.3, 0.4) is 0 Å². The van der Waals surface area contributed by atoms with Crippen molar-refractivity contribution >= 4 is 28.9 Å². The molecule has 0 fully saturated rings. The molecule has 0 heterocycles. The van der Waals surface area contributed by atoms with E-state index in [-0.39, 0.29) is 18.3 Å². The van der Waals surface area contributed by atoms with E-state index in [1.807, 2.05) is 36.4 Å². The molecule has 0 unspecified atom stereocenters. The number of amides is 1. The van der Waals surface area contributed by atoms with Crippen molar-refractivity contribution < 1.29 is 18.7 Å². The second-order valence-electron chi connectivity index (χ2n) is 6.16. The highest BCUT2D eigenvalue weighted by Gasteiger charge is 2.10. The highest BCUT2D eigenvalue weighted by Crippen LogP contribution is 2.29. The van der Waals surface area contributed by atoms with E-state index < -0.39 is 0 Å². The molecule has 3 rings (SSSR count). The largest absolute Gasteiger partial charge is 0.493 e. The van der Waals surface area contributed by atoms with Crippen molar-refractivity contribution in [2.75, 3.05) is 24.4 Å². The molecule has 1 amide bonds. The van der Waals surface area contributed by atoms with E-state index in [0.29, 0.717) is 28.8 Å². The molecule has 3 aromatic carbocycles. The van der Waals surface area contributed by atoms with Gasteiger partial charge in [0.2, 0.25) is 0 Å². The molecular weight excluding hydrogens is 395 g/mol. The summed E-state index contributed by atoms with van der Waals surface area (Å²) in [7, 11) is 1.53. The van der Waals surface area contributed by atoms with E-state index in [1.165, 1.54) is 31.4 Å². The van der Waals surface area contributed by atoms with E-state index >= 15 is 0 Å². The molecule has 0 aliphatic carbocycles. The molecule has 0 bridgehead atoms. The van der Waals surface area contributed by atoms with Crippen molar-refractivity contribution in [3.63, 3.8) is 0 Å². The first-order valence-electron chi connectivity index (χ1n) is 8.88. The lowest BCUT2D eigenvalue weighted by atomic mass is 10.2. The number of methoxy groups -OCH3 is 1. The number of anilines is 2. The average molecular weight is 415 g/mol. The number of carbonyl (C=O) groups is 1. The van der Waals surface area contributed by atoms with Crippen LogP contribution in [0, 0.1) is 5.82 Å². The van der Waals surface area contributed by atoms with Gasteiger partial charge < -0.3 is 20.1 Å². The Morgan fingerprint density at radius 2 is 1.79 bits per heavy atom. The third-order valence-corrected chi connectivity index (χ3v) is 4.40. The summed E-state index contributed by atoms with van der Waals surface area (Å²) in [6.45, 7) is 0.344. The minimum atomic E-state index is -0.367. The van der Waals surface area contributed by atoms with Crippen LogP contribution >= 0.6 is 11.6 Å². The first-order chi connectivity index (χ1) is 14.0. The quantitative estimate of drug-likeness (QED) is 0.537. The van der Waals surface area contributed by atoms with Crippen molar-refractivity contribution in [3.05, 3.63) is 83.1 Å². The Morgan fingerprint density at radius 1 is 1.03 bits per heavy atom. The van der Waals surface area contributed by atoms with Gasteiger partial charge in [-0.05, 0) is 54.1 Å². The maximum Gasteiger partial charge on any atom is 0.262 e. The Morgan fingerprint density at radius 3 is 2.52 bits per heavy atom. The molecule has 0 aliphatic rings. The molecule has 7 heteroatoms. The zero-order valence-corrected chi connectivity index (χ0v) is 16.5. The van der Waals surface area contributed by atoms with Crippen molar-refractivity contribution in [2.45, 2.75) is 6.54 Å². The minimum absolute atomic E-state index is 0.203. The van der Waals surface area contributed by atoms with Gasteiger partial charge in [0.25, 0.3) is 5.91 Å². The summed E-state index contributed by atoms with van der Waals surface area (Å²) in [5, 5.41) is 6.55. The number of hydrogen-bond donors (Lipinski definition) is 2. The predicted octanol–water partition coefficient (Wildman–Crippen LogP) is 5.12. The molecule has 29 heavy (non-hydrogen) atoms. The van der Waals surface area contributed by atoms with Crippen LogP contribution in [-0.2, 0) is 11.3 Å². The average Bonchev–Trinajstić information content (AvgIpc) is 2.73. The van der Waals surface area contributed by atoms with Gasteiger partial charge >= 0.3 is 0 Å². The summed E-state index contributed by atoms with van der Waals surface area (Å²) in [4.78, 5) is 12.0. The Kier molecular flexibility index (Phi) is 6.92. The SMILES string of the molecule is COc1cc(CNc2ccccc2Cl)ccc1OCC(=O)Nc1ccc(F)cc1. The van der Waals surface area contributed by atoms with E-state index in [0.717, 1.165) is 11.3 Å². The summed E-state index contributed by atoms with van der Waals surface area (Å²) >= 11 is 6.15. The van der Waals surface area contributed by atoms with Gasteiger partial charge in [-0.25, -0.2) is 4.39 Å². The number of carbonyl (C=O) groups excluding carboxylic acids is 1. The third kappa shape index (κ3) is 5.86. The van der Waals surface area contributed by atoms with E-state index in [1.54, 1.807) is 6.07 Å². The lowest BCUT2D eigenvalue weighted by Crippen LogP contribution is -2.20. The van der Waals surface area contributed by atoms with Crippen LogP contribution in [0.1, 0.15) is 5.56 Å². The van der Waals surface area contributed by atoms with Gasteiger partial charge in [-0.3, -0.25) is 4.79 Å². The van der Waals surface area contributed by atoms with Crippen LogP contribution in [-0.4, -0.2) is 19.6 Å². The number of ether oxygens (including phenoxy) is 2. The summed E-state index contributed by atoms with van der Waals surface area (Å²) in [5.41, 5.74) is 2.30. The van der Waals surface area contributed by atoms with Crippen LogP contribution in [0.2, 0.25) is 5.02 Å². The third-order valence-electron chi connectivity index (χ3n) is 4.07. The fourth-order valence-electron chi connectivity index (χ4n) is 2.62. The molecule has 3 aromatic rings. The normalized spacial score (nSPS) is 10.3. The molecule has 0 saturated heterocycles. The zero-order chi connectivity index (χ0) is 20.6. The first-order valence-corrected chi connectivity index (χ1v) is 9.26. The Bertz CT molecular complexity index is 980. The topological polar surface area (TPSA) is 59.6 Å². The standard InChI is InChI=1S/C22H20ClFN2O3/c1-28-21-12-15(13-25-19-5-3-2-4-18(19)23)6-11-20(21)29-14-22(27)26-17-9-7-16(24)8-10-17/h2-12,25H,13-14H2,1H3,(H,26,27). The van der Waals surface area contributed by atoms with Crippen LogP contribution in [0.5, 0.6) is 11.5 Å². The maximum absolute atomic E-state index is 12.9. The van der Waals surface area contributed by atoms with Crippen molar-refractivity contribution in [3.8, 4) is 11.5 Å². The Hall–Kier alpha value is -3.25.